The van der Waals surface area contributed by atoms with E-state index < -0.39 is 6.10 Å². The van der Waals surface area contributed by atoms with Crippen LogP contribution in [0.15, 0.2) is 16.6 Å². The summed E-state index contributed by atoms with van der Waals surface area (Å²) in [5, 5.41) is 10.2. The van der Waals surface area contributed by atoms with Crippen molar-refractivity contribution in [1.82, 2.24) is 0 Å². The highest BCUT2D eigenvalue weighted by Gasteiger charge is 2.21. The molecule has 1 aliphatic heterocycles. The molecule has 0 bridgehead atoms. The predicted octanol–water partition coefficient (Wildman–Crippen LogP) is 2.24. The minimum atomic E-state index is -0.594. The second-order valence-corrected chi connectivity index (χ2v) is 5.39. The molecule has 18 heavy (non-hydrogen) atoms. The van der Waals surface area contributed by atoms with E-state index in [9.17, 15) is 5.11 Å². The van der Waals surface area contributed by atoms with Crippen molar-refractivity contribution in [2.24, 2.45) is 11.7 Å². The van der Waals surface area contributed by atoms with E-state index in [0.717, 1.165) is 16.5 Å². The third-order valence-corrected chi connectivity index (χ3v) is 3.67. The summed E-state index contributed by atoms with van der Waals surface area (Å²) in [7, 11) is 0. The molecule has 4 nitrogen and oxygen atoms in total. The summed E-state index contributed by atoms with van der Waals surface area (Å²) in [5.74, 6) is 1.39. The molecular weight excluding hydrogens is 298 g/mol. The maximum absolute atomic E-state index is 10.2. The largest absolute Gasteiger partial charge is 0.490 e. The number of rotatable bonds is 3. The van der Waals surface area contributed by atoms with Crippen LogP contribution in [0.3, 0.4) is 0 Å². The molecule has 1 aromatic carbocycles. The van der Waals surface area contributed by atoms with E-state index in [1.54, 1.807) is 0 Å². The average Bonchev–Trinajstić information content (AvgIpc) is 2.62. The zero-order valence-corrected chi connectivity index (χ0v) is 11.9. The lowest BCUT2D eigenvalue weighted by Gasteiger charge is -2.19. The molecule has 0 aromatic heterocycles. The molecule has 0 fully saturated rings. The Morgan fingerprint density at radius 2 is 2.11 bits per heavy atom. The molecule has 100 valence electrons. The number of hydrogen-bond acceptors (Lipinski definition) is 4. The number of aliphatic hydroxyl groups is 1. The van der Waals surface area contributed by atoms with Gasteiger partial charge in [0.1, 0.15) is 0 Å². The van der Waals surface area contributed by atoms with Crippen molar-refractivity contribution in [1.29, 1.82) is 0 Å². The third-order valence-electron chi connectivity index (χ3n) is 3.08. The van der Waals surface area contributed by atoms with Crippen LogP contribution in [0.4, 0.5) is 0 Å². The first-order chi connectivity index (χ1) is 8.63. The Bertz CT molecular complexity index is 425. The fourth-order valence-electron chi connectivity index (χ4n) is 1.88. The summed E-state index contributed by atoms with van der Waals surface area (Å²) in [5.41, 5.74) is 6.38. The van der Waals surface area contributed by atoms with Crippen LogP contribution in [0.25, 0.3) is 0 Å². The van der Waals surface area contributed by atoms with Gasteiger partial charge in [-0.25, -0.2) is 0 Å². The van der Waals surface area contributed by atoms with Gasteiger partial charge in [0.25, 0.3) is 0 Å². The molecule has 5 heteroatoms. The molecule has 3 N–H and O–H groups in total. The van der Waals surface area contributed by atoms with Crippen molar-refractivity contribution < 1.29 is 14.6 Å². The van der Waals surface area contributed by atoms with Gasteiger partial charge < -0.3 is 20.3 Å². The van der Waals surface area contributed by atoms with Crippen LogP contribution in [-0.4, -0.2) is 24.9 Å². The van der Waals surface area contributed by atoms with Crippen molar-refractivity contribution in [2.75, 3.05) is 19.8 Å². The number of benzene rings is 1. The minimum Gasteiger partial charge on any atom is -0.490 e. The van der Waals surface area contributed by atoms with E-state index in [-0.39, 0.29) is 5.92 Å². The highest BCUT2D eigenvalue weighted by atomic mass is 79.9. The summed E-state index contributed by atoms with van der Waals surface area (Å²) >= 11 is 3.46. The second kappa shape index (κ2) is 5.91. The lowest BCUT2D eigenvalue weighted by Crippen LogP contribution is -2.19. The second-order valence-electron chi connectivity index (χ2n) is 4.54. The van der Waals surface area contributed by atoms with Crippen molar-refractivity contribution in [3.05, 3.63) is 22.2 Å². The Morgan fingerprint density at radius 1 is 1.39 bits per heavy atom. The number of fused-ring (bicyclic) bond motifs is 1. The third kappa shape index (κ3) is 2.79. The molecule has 1 aromatic rings. The summed E-state index contributed by atoms with van der Waals surface area (Å²) in [6, 6.07) is 3.70. The summed E-state index contributed by atoms with van der Waals surface area (Å²) in [6.07, 6.45) is 0.265. The van der Waals surface area contributed by atoms with Gasteiger partial charge >= 0.3 is 0 Å². The van der Waals surface area contributed by atoms with Crippen LogP contribution in [0.5, 0.6) is 11.5 Å². The Morgan fingerprint density at radius 3 is 2.83 bits per heavy atom. The molecule has 1 heterocycles. The van der Waals surface area contributed by atoms with Gasteiger partial charge in [0, 0.05) is 6.42 Å². The van der Waals surface area contributed by atoms with E-state index in [2.05, 4.69) is 15.9 Å². The summed E-state index contributed by atoms with van der Waals surface area (Å²) in [6.45, 7) is 3.63. The van der Waals surface area contributed by atoms with Gasteiger partial charge in [-0.15, -0.1) is 0 Å². The quantitative estimate of drug-likeness (QED) is 0.898. The van der Waals surface area contributed by atoms with E-state index >= 15 is 0 Å². The fourth-order valence-corrected chi connectivity index (χ4v) is 2.45. The molecule has 0 saturated carbocycles. The molecule has 0 saturated heterocycles. The lowest BCUT2D eigenvalue weighted by atomic mass is 9.97. The smallest absolute Gasteiger partial charge is 0.175 e. The zero-order chi connectivity index (χ0) is 13.1. The van der Waals surface area contributed by atoms with Crippen molar-refractivity contribution in [3.63, 3.8) is 0 Å². The van der Waals surface area contributed by atoms with Crippen LogP contribution in [0, 0.1) is 5.92 Å². The Labute approximate surface area is 115 Å². The van der Waals surface area contributed by atoms with E-state index in [0.29, 0.717) is 31.3 Å². The minimum absolute atomic E-state index is 0.00152. The molecule has 2 rings (SSSR count). The molecule has 0 spiro atoms. The van der Waals surface area contributed by atoms with Gasteiger partial charge in [0.15, 0.2) is 11.5 Å². The van der Waals surface area contributed by atoms with Crippen molar-refractivity contribution in [2.45, 2.75) is 19.4 Å². The maximum atomic E-state index is 10.2. The van der Waals surface area contributed by atoms with Crippen LogP contribution in [-0.2, 0) is 0 Å². The van der Waals surface area contributed by atoms with Crippen molar-refractivity contribution >= 4 is 15.9 Å². The Balaban J connectivity index is 2.34. The Kier molecular flexibility index (Phi) is 4.48. The normalized spacial score (nSPS) is 18.0. The highest BCUT2D eigenvalue weighted by molar-refractivity contribution is 9.10. The molecular formula is C13H18BrNO3. The van der Waals surface area contributed by atoms with Gasteiger partial charge in [-0.05, 0) is 46.1 Å². The van der Waals surface area contributed by atoms with Crippen LogP contribution in [0.1, 0.15) is 25.0 Å². The molecule has 0 aliphatic carbocycles. The van der Waals surface area contributed by atoms with Gasteiger partial charge in [0.05, 0.1) is 23.8 Å². The van der Waals surface area contributed by atoms with E-state index in [1.165, 1.54) is 0 Å². The first-order valence-electron chi connectivity index (χ1n) is 6.10. The molecule has 2 atom stereocenters. The fraction of sp³-hybridized carbons (Fsp3) is 0.538. The zero-order valence-electron chi connectivity index (χ0n) is 10.4. The maximum Gasteiger partial charge on any atom is 0.175 e. The first-order valence-corrected chi connectivity index (χ1v) is 6.90. The molecule has 0 amide bonds. The van der Waals surface area contributed by atoms with Gasteiger partial charge in [0.2, 0.25) is 0 Å². The van der Waals surface area contributed by atoms with E-state index in [4.69, 9.17) is 15.2 Å². The number of aliphatic hydroxyl groups excluding tert-OH is 1. The van der Waals surface area contributed by atoms with Gasteiger partial charge in [-0.1, -0.05) is 6.92 Å². The van der Waals surface area contributed by atoms with Crippen LogP contribution >= 0.6 is 15.9 Å². The summed E-state index contributed by atoms with van der Waals surface area (Å²) in [4.78, 5) is 0. The summed E-state index contributed by atoms with van der Waals surface area (Å²) < 4.78 is 12.1. The van der Waals surface area contributed by atoms with Crippen molar-refractivity contribution in [3.8, 4) is 11.5 Å². The van der Waals surface area contributed by atoms with Crippen LogP contribution in [0.2, 0.25) is 0 Å². The number of nitrogens with two attached hydrogens (primary N) is 1. The predicted molar refractivity (Wildman–Crippen MR) is 72.9 cm³/mol. The first kappa shape index (κ1) is 13.6. The molecule has 1 aliphatic rings. The highest BCUT2D eigenvalue weighted by Crippen LogP contribution is 2.40. The number of hydrogen-bond donors (Lipinski definition) is 2. The SMILES string of the molecule is CC(CN)C(O)c1cc(Br)c2c(c1)OCCCO2. The van der Waals surface area contributed by atoms with Gasteiger partial charge in [-0.2, -0.15) is 0 Å². The number of ether oxygens (including phenoxy) is 2. The molecule has 2 unspecified atom stereocenters. The van der Waals surface area contributed by atoms with Gasteiger partial charge in [-0.3, -0.25) is 0 Å². The topological polar surface area (TPSA) is 64.7 Å². The average molecular weight is 316 g/mol. The van der Waals surface area contributed by atoms with E-state index in [1.807, 2.05) is 19.1 Å². The monoisotopic (exact) mass is 315 g/mol. The lowest BCUT2D eigenvalue weighted by molar-refractivity contribution is 0.121. The standard InChI is InChI=1S/C13H18BrNO3/c1-8(7-15)12(16)9-5-10(14)13-11(6-9)17-3-2-4-18-13/h5-6,8,12,16H,2-4,7,15H2,1H3. The van der Waals surface area contributed by atoms with Crippen LogP contribution < -0.4 is 15.2 Å². The molecule has 0 radical (unpaired) electrons. The number of halogens is 1. The Hall–Kier alpha value is -0.780.